The lowest BCUT2D eigenvalue weighted by molar-refractivity contribution is -0.140. The minimum Gasteiger partial charge on any atom is -0.480 e. The largest absolute Gasteiger partial charge is 0.480 e. The average Bonchev–Trinajstić information content (AvgIpc) is 2.93. The molecule has 0 bridgehead atoms. The van der Waals surface area contributed by atoms with Crippen molar-refractivity contribution in [2.75, 3.05) is 6.54 Å². The Bertz CT molecular complexity index is 326. The van der Waals surface area contributed by atoms with Gasteiger partial charge in [-0.05, 0) is 31.1 Å². The lowest BCUT2D eigenvalue weighted by Gasteiger charge is -2.18. The number of rotatable bonds is 4. The Labute approximate surface area is 101 Å². The Morgan fingerprint density at radius 2 is 2.06 bits per heavy atom. The van der Waals surface area contributed by atoms with Crippen molar-refractivity contribution >= 4 is 12.0 Å². The fourth-order valence-electron chi connectivity index (χ4n) is 2.53. The molecule has 0 aliphatic heterocycles. The van der Waals surface area contributed by atoms with Crippen LogP contribution in [0, 0.1) is 11.8 Å². The molecule has 5 heteroatoms. The van der Waals surface area contributed by atoms with Gasteiger partial charge in [-0.3, -0.25) is 0 Å². The molecule has 0 heterocycles. The molecule has 5 nitrogen and oxygen atoms in total. The second kappa shape index (κ2) is 4.55. The number of amides is 2. The monoisotopic (exact) mass is 240 g/mol. The average molecular weight is 240 g/mol. The summed E-state index contributed by atoms with van der Waals surface area (Å²) < 4.78 is 0. The Morgan fingerprint density at radius 3 is 2.53 bits per heavy atom. The van der Waals surface area contributed by atoms with Gasteiger partial charge in [-0.1, -0.05) is 19.8 Å². The van der Waals surface area contributed by atoms with Gasteiger partial charge in [-0.2, -0.15) is 0 Å². The van der Waals surface area contributed by atoms with E-state index in [-0.39, 0.29) is 6.03 Å². The van der Waals surface area contributed by atoms with Gasteiger partial charge in [0, 0.05) is 6.54 Å². The second-order valence-electron chi connectivity index (χ2n) is 5.39. The van der Waals surface area contributed by atoms with Crippen molar-refractivity contribution in [3.8, 4) is 0 Å². The first-order chi connectivity index (χ1) is 8.03. The van der Waals surface area contributed by atoms with Crippen LogP contribution in [0.25, 0.3) is 0 Å². The van der Waals surface area contributed by atoms with E-state index < -0.39 is 11.5 Å². The summed E-state index contributed by atoms with van der Waals surface area (Å²) in [5.74, 6) is 0.271. The molecule has 0 radical (unpaired) electrons. The van der Waals surface area contributed by atoms with Crippen LogP contribution < -0.4 is 10.6 Å². The number of aliphatic carboxylic acids is 1. The van der Waals surface area contributed by atoms with Gasteiger partial charge in [0.1, 0.15) is 5.54 Å². The van der Waals surface area contributed by atoms with Crippen molar-refractivity contribution in [2.45, 2.75) is 44.6 Å². The van der Waals surface area contributed by atoms with E-state index in [9.17, 15) is 9.59 Å². The van der Waals surface area contributed by atoms with Gasteiger partial charge in [-0.25, -0.2) is 9.59 Å². The highest BCUT2D eigenvalue weighted by Crippen LogP contribution is 2.35. The Morgan fingerprint density at radius 1 is 1.35 bits per heavy atom. The lowest BCUT2D eigenvalue weighted by Crippen LogP contribution is -2.48. The molecule has 0 aromatic rings. The van der Waals surface area contributed by atoms with Crippen LogP contribution in [0.3, 0.4) is 0 Å². The molecule has 2 atom stereocenters. The van der Waals surface area contributed by atoms with Crippen molar-refractivity contribution < 1.29 is 14.7 Å². The van der Waals surface area contributed by atoms with E-state index in [1.807, 2.05) is 0 Å². The third-order valence-corrected chi connectivity index (χ3v) is 4.08. The molecular weight excluding hydrogens is 220 g/mol. The van der Waals surface area contributed by atoms with Gasteiger partial charge < -0.3 is 15.7 Å². The van der Waals surface area contributed by atoms with Gasteiger partial charge >= 0.3 is 12.0 Å². The predicted molar refractivity (Wildman–Crippen MR) is 62.6 cm³/mol. The number of hydrogen-bond donors (Lipinski definition) is 3. The molecule has 17 heavy (non-hydrogen) atoms. The molecular formula is C12H20N2O3. The van der Waals surface area contributed by atoms with Crippen molar-refractivity contribution in [2.24, 2.45) is 11.8 Å². The van der Waals surface area contributed by atoms with Gasteiger partial charge in [0.2, 0.25) is 0 Å². The van der Waals surface area contributed by atoms with Crippen LogP contribution in [0.1, 0.15) is 39.0 Å². The zero-order chi connectivity index (χ0) is 12.5. The van der Waals surface area contributed by atoms with Crippen molar-refractivity contribution in [1.29, 1.82) is 0 Å². The standard InChI is InChI=1S/C12H20N2O3/c1-8-3-2-4-9(8)7-13-11(17)14-12(5-6-12)10(15)16/h8-9H,2-7H2,1H3,(H,15,16)(H2,13,14,17). The van der Waals surface area contributed by atoms with E-state index in [2.05, 4.69) is 17.6 Å². The molecule has 2 amide bonds. The van der Waals surface area contributed by atoms with Gasteiger partial charge in [0.15, 0.2) is 0 Å². The van der Waals surface area contributed by atoms with Crippen molar-refractivity contribution in [3.05, 3.63) is 0 Å². The molecule has 3 N–H and O–H groups in total. The normalized spacial score (nSPS) is 29.7. The highest BCUT2D eigenvalue weighted by atomic mass is 16.4. The quantitative estimate of drug-likeness (QED) is 0.694. The molecule has 96 valence electrons. The highest BCUT2D eigenvalue weighted by Gasteiger charge is 2.51. The summed E-state index contributed by atoms with van der Waals surface area (Å²) in [6.07, 6.45) is 4.69. The number of nitrogens with one attached hydrogen (secondary N) is 2. The summed E-state index contributed by atoms with van der Waals surface area (Å²) in [4.78, 5) is 22.5. The predicted octanol–water partition coefficient (Wildman–Crippen LogP) is 1.34. The number of carboxylic acid groups (broad SMARTS) is 1. The molecule has 2 unspecified atom stereocenters. The van der Waals surface area contributed by atoms with Crippen LogP contribution in [-0.4, -0.2) is 29.2 Å². The number of carboxylic acids is 1. The van der Waals surface area contributed by atoms with Gasteiger partial charge in [-0.15, -0.1) is 0 Å². The Balaban J connectivity index is 1.73. The summed E-state index contributed by atoms with van der Waals surface area (Å²) in [5, 5.41) is 14.3. The smallest absolute Gasteiger partial charge is 0.329 e. The third kappa shape index (κ3) is 2.70. The summed E-state index contributed by atoms with van der Waals surface area (Å²) in [6.45, 7) is 2.86. The Kier molecular flexibility index (Phi) is 3.26. The maximum atomic E-state index is 11.6. The zero-order valence-electron chi connectivity index (χ0n) is 10.2. The summed E-state index contributed by atoms with van der Waals surface area (Å²) >= 11 is 0. The first kappa shape index (κ1) is 12.2. The first-order valence-electron chi connectivity index (χ1n) is 6.33. The minimum atomic E-state index is -0.981. The number of carbonyl (C=O) groups is 2. The molecule has 0 spiro atoms. The number of hydrogen-bond acceptors (Lipinski definition) is 2. The van der Waals surface area contributed by atoms with Crippen molar-refractivity contribution in [1.82, 2.24) is 10.6 Å². The molecule has 2 aliphatic carbocycles. The van der Waals surface area contributed by atoms with Gasteiger partial charge in [0.25, 0.3) is 0 Å². The summed E-state index contributed by atoms with van der Waals surface area (Å²) in [7, 11) is 0. The van der Waals surface area contributed by atoms with Crippen LogP contribution in [0.15, 0.2) is 0 Å². The minimum absolute atomic E-state index is 0.344. The molecule has 2 fully saturated rings. The fraction of sp³-hybridized carbons (Fsp3) is 0.833. The second-order valence-corrected chi connectivity index (χ2v) is 5.39. The SMILES string of the molecule is CC1CCCC1CNC(=O)NC1(C(=O)O)CC1. The van der Waals surface area contributed by atoms with E-state index in [1.54, 1.807) is 0 Å². The van der Waals surface area contributed by atoms with Crippen molar-refractivity contribution in [3.63, 3.8) is 0 Å². The van der Waals surface area contributed by atoms with E-state index in [1.165, 1.54) is 12.8 Å². The van der Waals surface area contributed by atoms with Gasteiger partial charge in [0.05, 0.1) is 0 Å². The van der Waals surface area contributed by atoms with E-state index in [4.69, 9.17) is 5.11 Å². The summed E-state index contributed by atoms with van der Waals surface area (Å²) in [6, 6.07) is -0.344. The number of carbonyl (C=O) groups excluding carboxylic acids is 1. The van der Waals surface area contributed by atoms with E-state index in [0.29, 0.717) is 31.2 Å². The van der Waals surface area contributed by atoms with E-state index >= 15 is 0 Å². The van der Waals surface area contributed by atoms with Crippen LogP contribution >= 0.6 is 0 Å². The molecule has 2 saturated carbocycles. The summed E-state index contributed by atoms with van der Waals surface area (Å²) in [5.41, 5.74) is -0.981. The topological polar surface area (TPSA) is 78.4 Å². The van der Waals surface area contributed by atoms with E-state index in [0.717, 1.165) is 6.42 Å². The molecule has 0 aromatic carbocycles. The van der Waals surface area contributed by atoms with Crippen LogP contribution in [0.2, 0.25) is 0 Å². The Hall–Kier alpha value is -1.26. The molecule has 0 aromatic heterocycles. The zero-order valence-corrected chi connectivity index (χ0v) is 10.2. The van der Waals surface area contributed by atoms with Crippen LogP contribution in [0.5, 0.6) is 0 Å². The molecule has 0 saturated heterocycles. The van der Waals surface area contributed by atoms with Crippen LogP contribution in [-0.2, 0) is 4.79 Å². The third-order valence-electron chi connectivity index (χ3n) is 4.08. The fourth-order valence-corrected chi connectivity index (χ4v) is 2.53. The maximum Gasteiger partial charge on any atom is 0.329 e. The molecule has 2 rings (SSSR count). The first-order valence-corrected chi connectivity index (χ1v) is 6.33. The number of urea groups is 1. The maximum absolute atomic E-state index is 11.6. The van der Waals surface area contributed by atoms with Crippen LogP contribution in [0.4, 0.5) is 4.79 Å². The molecule has 2 aliphatic rings. The lowest BCUT2D eigenvalue weighted by atomic mass is 9.98. The highest BCUT2D eigenvalue weighted by molar-refractivity contribution is 5.88.